The smallest absolute Gasteiger partial charge is 0.214 e. The topological polar surface area (TPSA) is 58.6 Å². The predicted octanol–water partition coefficient (Wildman–Crippen LogP) is 0.983. The zero-order valence-electron chi connectivity index (χ0n) is 12.2. The Balaban J connectivity index is 2.38. The van der Waals surface area contributed by atoms with Crippen LogP contribution in [0.4, 0.5) is 0 Å². The van der Waals surface area contributed by atoms with Crippen molar-refractivity contribution in [2.45, 2.75) is 32.7 Å². The molecule has 0 atom stereocenters. The number of nitrogens with zero attached hydrogens (tertiary/aromatic N) is 1. The van der Waals surface area contributed by atoms with Gasteiger partial charge in [-0.15, -0.1) is 0 Å². The van der Waals surface area contributed by atoms with Crippen LogP contribution in [0.3, 0.4) is 0 Å². The van der Waals surface area contributed by atoms with Gasteiger partial charge in [0.15, 0.2) is 0 Å². The Hall–Kier alpha value is -0.430. The van der Waals surface area contributed by atoms with E-state index in [9.17, 15) is 8.42 Å². The van der Waals surface area contributed by atoms with Gasteiger partial charge in [-0.1, -0.05) is 19.9 Å². The van der Waals surface area contributed by atoms with Crippen LogP contribution in [-0.2, 0) is 14.8 Å². The number of sulfonamides is 1. The lowest BCUT2D eigenvalue weighted by Gasteiger charge is -2.25. The summed E-state index contributed by atoms with van der Waals surface area (Å²) in [5.41, 5.74) is 1.19. The summed E-state index contributed by atoms with van der Waals surface area (Å²) >= 11 is 0. The minimum atomic E-state index is -3.11. The van der Waals surface area contributed by atoms with E-state index in [2.05, 4.69) is 19.2 Å². The highest BCUT2D eigenvalue weighted by Gasteiger charge is 2.23. The highest BCUT2D eigenvalue weighted by atomic mass is 32.2. The van der Waals surface area contributed by atoms with E-state index in [4.69, 9.17) is 4.74 Å². The first-order valence-corrected chi connectivity index (χ1v) is 8.44. The molecule has 1 heterocycles. The Morgan fingerprint density at radius 2 is 2.21 bits per heavy atom. The number of hydrogen-bond donors (Lipinski definition) is 1. The maximum Gasteiger partial charge on any atom is 0.214 e. The number of rotatable bonds is 8. The molecule has 5 nitrogen and oxygen atoms in total. The van der Waals surface area contributed by atoms with Gasteiger partial charge in [0.2, 0.25) is 10.0 Å². The zero-order valence-corrected chi connectivity index (χ0v) is 13.0. The van der Waals surface area contributed by atoms with Crippen molar-refractivity contribution in [3.63, 3.8) is 0 Å². The fourth-order valence-corrected chi connectivity index (χ4v) is 3.47. The van der Waals surface area contributed by atoms with Crippen molar-refractivity contribution >= 4 is 10.0 Å². The molecule has 0 aromatic rings. The van der Waals surface area contributed by atoms with Crippen molar-refractivity contribution in [1.29, 1.82) is 0 Å². The standard InChI is InChI=1S/C13H26N2O3S/c1-12(2)14-7-4-10-19(16,17)15-8-5-13(6-9-15)11-18-3/h5,12,14H,4,6-11H2,1-3H3. The first-order chi connectivity index (χ1) is 8.95. The largest absolute Gasteiger partial charge is 0.380 e. The molecule has 0 saturated carbocycles. The van der Waals surface area contributed by atoms with Gasteiger partial charge in [0.25, 0.3) is 0 Å². The van der Waals surface area contributed by atoms with Crippen LogP contribution in [0.1, 0.15) is 26.7 Å². The van der Waals surface area contributed by atoms with Gasteiger partial charge >= 0.3 is 0 Å². The molecule has 0 aliphatic carbocycles. The summed E-state index contributed by atoms with van der Waals surface area (Å²) in [5, 5.41) is 3.23. The van der Waals surface area contributed by atoms with Crippen LogP contribution in [0.5, 0.6) is 0 Å². The summed E-state index contributed by atoms with van der Waals surface area (Å²) in [6.07, 6.45) is 3.40. The SMILES string of the molecule is COCC1=CCN(S(=O)(=O)CCCNC(C)C)CC1. The summed E-state index contributed by atoms with van der Waals surface area (Å²) in [5.74, 6) is 0.222. The van der Waals surface area contributed by atoms with Crippen LogP contribution in [0.15, 0.2) is 11.6 Å². The van der Waals surface area contributed by atoms with Crippen molar-refractivity contribution in [2.75, 3.05) is 39.1 Å². The molecule has 0 amide bonds. The highest BCUT2D eigenvalue weighted by Crippen LogP contribution is 2.15. The summed E-state index contributed by atoms with van der Waals surface area (Å²) in [7, 11) is -1.45. The van der Waals surface area contributed by atoms with Crippen molar-refractivity contribution in [1.82, 2.24) is 9.62 Å². The third-order valence-corrected chi connectivity index (χ3v) is 5.04. The average molecular weight is 290 g/mol. The monoisotopic (exact) mass is 290 g/mol. The maximum atomic E-state index is 12.1. The number of methoxy groups -OCH3 is 1. The van der Waals surface area contributed by atoms with Crippen molar-refractivity contribution in [3.05, 3.63) is 11.6 Å². The van der Waals surface area contributed by atoms with Gasteiger partial charge in [0.05, 0.1) is 12.4 Å². The van der Waals surface area contributed by atoms with Gasteiger partial charge in [0, 0.05) is 26.2 Å². The van der Waals surface area contributed by atoms with Crippen LogP contribution in [0.2, 0.25) is 0 Å². The van der Waals surface area contributed by atoms with Gasteiger partial charge in [-0.2, -0.15) is 4.31 Å². The molecule has 112 valence electrons. The van der Waals surface area contributed by atoms with E-state index in [1.54, 1.807) is 11.4 Å². The molecule has 1 rings (SSSR count). The zero-order chi connectivity index (χ0) is 14.3. The molecule has 1 aliphatic heterocycles. The van der Waals surface area contributed by atoms with E-state index >= 15 is 0 Å². The maximum absolute atomic E-state index is 12.1. The molecule has 1 aliphatic rings. The minimum Gasteiger partial charge on any atom is -0.380 e. The molecule has 19 heavy (non-hydrogen) atoms. The first kappa shape index (κ1) is 16.6. The Bertz CT molecular complexity index is 391. The van der Waals surface area contributed by atoms with E-state index in [1.807, 2.05) is 6.08 Å². The summed E-state index contributed by atoms with van der Waals surface area (Å²) in [4.78, 5) is 0. The molecule has 0 aromatic carbocycles. The van der Waals surface area contributed by atoms with E-state index in [0.29, 0.717) is 32.2 Å². The number of hydrogen-bond acceptors (Lipinski definition) is 4. The van der Waals surface area contributed by atoms with E-state index in [1.165, 1.54) is 5.57 Å². The molecule has 0 bridgehead atoms. The lowest BCUT2D eigenvalue weighted by Crippen LogP contribution is -2.37. The fourth-order valence-electron chi connectivity index (χ4n) is 2.04. The molecule has 0 fully saturated rings. The molecule has 0 unspecified atom stereocenters. The van der Waals surface area contributed by atoms with Crippen molar-refractivity contribution in [2.24, 2.45) is 0 Å². The molecule has 0 radical (unpaired) electrons. The van der Waals surface area contributed by atoms with Crippen LogP contribution in [0, 0.1) is 0 Å². The third-order valence-electron chi connectivity index (χ3n) is 3.12. The molecule has 0 aromatic heterocycles. The lowest BCUT2D eigenvalue weighted by molar-refractivity contribution is 0.219. The summed E-state index contributed by atoms with van der Waals surface area (Å²) < 4.78 is 30.9. The second kappa shape index (κ2) is 7.99. The van der Waals surface area contributed by atoms with Gasteiger partial charge in [-0.3, -0.25) is 0 Å². The predicted molar refractivity (Wildman–Crippen MR) is 77.7 cm³/mol. The van der Waals surface area contributed by atoms with Crippen LogP contribution in [0.25, 0.3) is 0 Å². The summed E-state index contributed by atoms with van der Waals surface area (Å²) in [6, 6.07) is 0.400. The second-order valence-electron chi connectivity index (χ2n) is 5.18. The molecular weight excluding hydrogens is 264 g/mol. The molecule has 0 saturated heterocycles. The number of ether oxygens (including phenoxy) is 1. The van der Waals surface area contributed by atoms with Gasteiger partial charge in [-0.25, -0.2) is 8.42 Å². The minimum absolute atomic E-state index is 0.222. The van der Waals surface area contributed by atoms with Gasteiger partial charge in [0.1, 0.15) is 0 Å². The fraction of sp³-hybridized carbons (Fsp3) is 0.846. The lowest BCUT2D eigenvalue weighted by atomic mass is 10.1. The summed E-state index contributed by atoms with van der Waals surface area (Å²) in [6.45, 7) is 6.53. The van der Waals surface area contributed by atoms with Crippen LogP contribution < -0.4 is 5.32 Å². The Labute approximate surface area is 117 Å². The molecular formula is C13H26N2O3S. The normalized spacial score (nSPS) is 17.8. The third kappa shape index (κ3) is 6.03. The Kier molecular flexibility index (Phi) is 6.99. The van der Waals surface area contributed by atoms with E-state index in [0.717, 1.165) is 13.0 Å². The average Bonchev–Trinajstić information content (AvgIpc) is 2.36. The van der Waals surface area contributed by atoms with Crippen LogP contribution in [-0.4, -0.2) is 57.9 Å². The van der Waals surface area contributed by atoms with E-state index in [-0.39, 0.29) is 5.75 Å². The van der Waals surface area contributed by atoms with Crippen LogP contribution >= 0.6 is 0 Å². The Morgan fingerprint density at radius 1 is 1.47 bits per heavy atom. The van der Waals surface area contributed by atoms with E-state index < -0.39 is 10.0 Å². The molecule has 6 heteroatoms. The van der Waals surface area contributed by atoms with Crippen molar-refractivity contribution < 1.29 is 13.2 Å². The van der Waals surface area contributed by atoms with Gasteiger partial charge < -0.3 is 10.1 Å². The highest BCUT2D eigenvalue weighted by molar-refractivity contribution is 7.89. The second-order valence-corrected chi connectivity index (χ2v) is 7.27. The molecule has 1 N–H and O–H groups in total. The molecule has 0 spiro atoms. The van der Waals surface area contributed by atoms with Gasteiger partial charge in [-0.05, 0) is 25.0 Å². The first-order valence-electron chi connectivity index (χ1n) is 6.83. The quantitative estimate of drug-likeness (QED) is 0.535. The number of nitrogens with one attached hydrogen (secondary N) is 1. The Morgan fingerprint density at radius 3 is 2.74 bits per heavy atom. The van der Waals surface area contributed by atoms with Crippen molar-refractivity contribution in [3.8, 4) is 0 Å².